The van der Waals surface area contributed by atoms with Crippen LogP contribution in [-0.2, 0) is 0 Å². The molecule has 0 amide bonds. The van der Waals surface area contributed by atoms with Crippen LogP contribution < -0.4 is 5.73 Å². The minimum absolute atomic E-state index is 0.314. The van der Waals surface area contributed by atoms with Gasteiger partial charge >= 0.3 is 0 Å². The summed E-state index contributed by atoms with van der Waals surface area (Å²) in [5.41, 5.74) is 6.12. The molecule has 2 rings (SSSR count). The van der Waals surface area contributed by atoms with Crippen LogP contribution >= 0.6 is 23.1 Å². The monoisotopic (exact) mass is 271 g/mol. The van der Waals surface area contributed by atoms with Crippen molar-refractivity contribution >= 4 is 28.2 Å². The highest BCUT2D eigenvalue weighted by atomic mass is 32.2. The number of nitrogens with zero attached hydrogens (tertiary/aromatic N) is 2. The number of anilines is 1. The van der Waals surface area contributed by atoms with E-state index in [-0.39, 0.29) is 5.82 Å². The molecule has 0 aliphatic heterocycles. The molecule has 1 atom stereocenters. The lowest BCUT2D eigenvalue weighted by atomic mass is 10.1. The largest absolute Gasteiger partial charge is 0.388 e. The van der Waals surface area contributed by atoms with Crippen LogP contribution in [0.2, 0.25) is 0 Å². The third-order valence-corrected chi connectivity index (χ3v) is 4.00. The molecule has 1 aromatic carbocycles. The van der Waals surface area contributed by atoms with E-state index in [1.165, 1.54) is 35.2 Å². The third kappa shape index (κ3) is 3.39. The van der Waals surface area contributed by atoms with Gasteiger partial charge in [0.25, 0.3) is 0 Å². The molecule has 7 heteroatoms. The molecule has 2 aromatic rings. The molecule has 0 radical (unpaired) electrons. The summed E-state index contributed by atoms with van der Waals surface area (Å²) in [6.07, 6.45) is -0.661. The number of hydrogen-bond donors (Lipinski definition) is 2. The van der Waals surface area contributed by atoms with Gasteiger partial charge < -0.3 is 10.8 Å². The summed E-state index contributed by atoms with van der Waals surface area (Å²) in [6.45, 7) is 0. The smallest absolute Gasteiger partial charge is 0.203 e. The first-order valence-corrected chi connectivity index (χ1v) is 6.60. The number of thioether (sulfide) groups is 1. The Hall–Kier alpha value is -1.18. The SMILES string of the molecule is Nc1nnc(SCC(O)c2ccc(F)cc2)s1. The Kier molecular flexibility index (Phi) is 3.93. The number of halogens is 1. The normalized spacial score (nSPS) is 12.6. The molecular weight excluding hydrogens is 261 g/mol. The predicted molar refractivity (Wildman–Crippen MR) is 66.4 cm³/mol. The fraction of sp³-hybridized carbons (Fsp3) is 0.200. The second-order valence-electron chi connectivity index (χ2n) is 3.28. The fourth-order valence-electron chi connectivity index (χ4n) is 1.21. The lowest BCUT2D eigenvalue weighted by molar-refractivity contribution is 0.204. The Bertz CT molecular complexity index is 489. The van der Waals surface area contributed by atoms with Crippen LogP contribution in [0.5, 0.6) is 0 Å². The predicted octanol–water partition coefficient (Wildman–Crippen LogP) is 2.09. The quantitative estimate of drug-likeness (QED) is 0.833. The maximum absolute atomic E-state index is 12.7. The van der Waals surface area contributed by atoms with Crippen molar-refractivity contribution in [2.24, 2.45) is 0 Å². The van der Waals surface area contributed by atoms with Crippen molar-refractivity contribution in [2.75, 3.05) is 11.5 Å². The topological polar surface area (TPSA) is 72.0 Å². The summed E-state index contributed by atoms with van der Waals surface area (Å²) in [5, 5.41) is 17.8. The summed E-state index contributed by atoms with van der Waals surface area (Å²) in [6, 6.07) is 5.78. The van der Waals surface area contributed by atoms with E-state index in [4.69, 9.17) is 5.73 Å². The van der Waals surface area contributed by atoms with Crippen molar-refractivity contribution < 1.29 is 9.50 Å². The zero-order valence-corrected chi connectivity index (χ0v) is 10.3. The van der Waals surface area contributed by atoms with Crippen LogP contribution in [0, 0.1) is 5.82 Å². The minimum Gasteiger partial charge on any atom is -0.388 e. The average molecular weight is 271 g/mol. The van der Waals surface area contributed by atoms with Gasteiger partial charge in [-0.3, -0.25) is 0 Å². The molecule has 1 heterocycles. The van der Waals surface area contributed by atoms with Gasteiger partial charge in [0, 0.05) is 5.75 Å². The van der Waals surface area contributed by atoms with Crippen LogP contribution in [0.3, 0.4) is 0 Å². The average Bonchev–Trinajstić information content (AvgIpc) is 2.73. The highest BCUT2D eigenvalue weighted by Gasteiger charge is 2.10. The van der Waals surface area contributed by atoms with Crippen molar-refractivity contribution in [3.05, 3.63) is 35.6 Å². The maximum Gasteiger partial charge on any atom is 0.203 e. The first kappa shape index (κ1) is 12.3. The molecule has 0 saturated heterocycles. The van der Waals surface area contributed by atoms with Gasteiger partial charge in [-0.2, -0.15) is 0 Å². The van der Waals surface area contributed by atoms with Crippen molar-refractivity contribution in [1.29, 1.82) is 0 Å². The highest BCUT2D eigenvalue weighted by molar-refractivity contribution is 8.01. The third-order valence-electron chi connectivity index (χ3n) is 2.04. The van der Waals surface area contributed by atoms with Crippen LogP contribution in [-0.4, -0.2) is 21.1 Å². The van der Waals surface area contributed by atoms with Crippen molar-refractivity contribution in [1.82, 2.24) is 10.2 Å². The Balaban J connectivity index is 1.93. The van der Waals surface area contributed by atoms with Crippen molar-refractivity contribution in [3.63, 3.8) is 0 Å². The molecule has 4 nitrogen and oxygen atoms in total. The summed E-state index contributed by atoms with van der Waals surface area (Å²) >= 11 is 2.64. The van der Waals surface area contributed by atoms with E-state index < -0.39 is 6.10 Å². The Morgan fingerprint density at radius 1 is 1.35 bits per heavy atom. The Morgan fingerprint density at radius 3 is 2.65 bits per heavy atom. The number of rotatable bonds is 4. The molecule has 1 unspecified atom stereocenters. The first-order valence-electron chi connectivity index (χ1n) is 4.80. The van der Waals surface area contributed by atoms with Gasteiger partial charge in [-0.15, -0.1) is 10.2 Å². The van der Waals surface area contributed by atoms with Gasteiger partial charge in [0.15, 0.2) is 4.34 Å². The van der Waals surface area contributed by atoms with Gasteiger partial charge in [0.2, 0.25) is 5.13 Å². The zero-order chi connectivity index (χ0) is 12.3. The number of benzene rings is 1. The van der Waals surface area contributed by atoms with E-state index in [2.05, 4.69) is 10.2 Å². The first-order chi connectivity index (χ1) is 8.15. The number of nitrogens with two attached hydrogens (primary N) is 1. The summed E-state index contributed by atoms with van der Waals surface area (Å²) in [4.78, 5) is 0. The second kappa shape index (κ2) is 5.44. The number of aliphatic hydroxyl groups is 1. The molecule has 0 fully saturated rings. The molecule has 1 aromatic heterocycles. The Morgan fingerprint density at radius 2 is 2.06 bits per heavy atom. The zero-order valence-electron chi connectivity index (χ0n) is 8.71. The molecule has 0 bridgehead atoms. The van der Waals surface area contributed by atoms with Crippen molar-refractivity contribution in [2.45, 2.75) is 10.4 Å². The molecule has 0 saturated carbocycles. The van der Waals surface area contributed by atoms with Gasteiger partial charge in [-0.25, -0.2) is 4.39 Å². The number of aliphatic hydroxyl groups excluding tert-OH is 1. The number of aromatic nitrogens is 2. The lowest BCUT2D eigenvalue weighted by Gasteiger charge is -2.08. The van der Waals surface area contributed by atoms with E-state index in [0.29, 0.717) is 20.8 Å². The molecule has 3 N–H and O–H groups in total. The van der Waals surface area contributed by atoms with Gasteiger partial charge in [-0.1, -0.05) is 35.2 Å². The molecular formula is C10H10FN3OS2. The summed E-state index contributed by atoms with van der Waals surface area (Å²) in [5.74, 6) is 0.116. The Labute approximate surface area is 106 Å². The summed E-state index contributed by atoms with van der Waals surface area (Å²) in [7, 11) is 0. The molecule has 0 aliphatic rings. The molecule has 17 heavy (non-hydrogen) atoms. The minimum atomic E-state index is -0.661. The van der Waals surface area contributed by atoms with Gasteiger partial charge in [0.1, 0.15) is 5.82 Å². The number of nitrogen functional groups attached to an aromatic ring is 1. The second-order valence-corrected chi connectivity index (χ2v) is 5.56. The van der Waals surface area contributed by atoms with Crippen LogP contribution in [0.1, 0.15) is 11.7 Å². The number of hydrogen-bond acceptors (Lipinski definition) is 6. The fourth-order valence-corrected chi connectivity index (χ4v) is 2.84. The van der Waals surface area contributed by atoms with Gasteiger partial charge in [-0.05, 0) is 17.7 Å². The van der Waals surface area contributed by atoms with E-state index in [9.17, 15) is 9.50 Å². The maximum atomic E-state index is 12.7. The van der Waals surface area contributed by atoms with E-state index in [1.807, 2.05) is 0 Å². The van der Waals surface area contributed by atoms with Crippen molar-refractivity contribution in [3.8, 4) is 0 Å². The molecule has 0 spiro atoms. The highest BCUT2D eigenvalue weighted by Crippen LogP contribution is 2.27. The van der Waals surface area contributed by atoms with E-state index >= 15 is 0 Å². The van der Waals surface area contributed by atoms with Crippen LogP contribution in [0.4, 0.5) is 9.52 Å². The van der Waals surface area contributed by atoms with E-state index in [0.717, 1.165) is 0 Å². The standard InChI is InChI=1S/C10H10FN3OS2/c11-7-3-1-6(2-4-7)8(15)5-16-10-14-13-9(12)17-10/h1-4,8,15H,5H2,(H2,12,13). The van der Waals surface area contributed by atoms with Crippen LogP contribution in [0.15, 0.2) is 28.6 Å². The van der Waals surface area contributed by atoms with E-state index in [1.54, 1.807) is 12.1 Å². The summed E-state index contributed by atoms with van der Waals surface area (Å²) < 4.78 is 13.4. The lowest BCUT2D eigenvalue weighted by Crippen LogP contribution is -2.00. The molecule has 0 aliphatic carbocycles. The molecule has 90 valence electrons. The van der Waals surface area contributed by atoms with Crippen LogP contribution in [0.25, 0.3) is 0 Å². The van der Waals surface area contributed by atoms with Gasteiger partial charge in [0.05, 0.1) is 6.10 Å².